The van der Waals surface area contributed by atoms with Gasteiger partial charge in [0.2, 0.25) is 5.95 Å². The van der Waals surface area contributed by atoms with E-state index in [4.69, 9.17) is 4.74 Å². The zero-order valence-corrected chi connectivity index (χ0v) is 15.7. The number of carbonyl (C=O) groups excluding carboxylic acids is 1. The first-order valence-corrected chi connectivity index (χ1v) is 8.82. The summed E-state index contributed by atoms with van der Waals surface area (Å²) in [6, 6.07) is 0. The van der Waals surface area contributed by atoms with Gasteiger partial charge in [-0.25, -0.2) is 15.0 Å². The lowest BCUT2D eigenvalue weighted by molar-refractivity contribution is -0.157. The third-order valence-corrected chi connectivity index (χ3v) is 4.62. The molecule has 3 heterocycles. The molecule has 0 radical (unpaired) electrons. The molecule has 1 saturated heterocycles. The minimum absolute atomic E-state index is 0.102. The lowest BCUT2D eigenvalue weighted by atomic mass is 9.77. The number of fused-ring (bicyclic) bond motifs is 1. The van der Waals surface area contributed by atoms with Crippen LogP contribution in [0.1, 0.15) is 47.0 Å². The van der Waals surface area contributed by atoms with Crippen molar-refractivity contribution in [2.24, 2.45) is 5.41 Å². The van der Waals surface area contributed by atoms with Crippen LogP contribution in [0, 0.1) is 5.41 Å². The van der Waals surface area contributed by atoms with E-state index in [-0.39, 0.29) is 16.9 Å². The molecule has 0 saturated carbocycles. The van der Waals surface area contributed by atoms with Crippen LogP contribution < -0.4 is 10.5 Å². The van der Waals surface area contributed by atoms with Gasteiger partial charge in [-0.1, -0.05) is 6.92 Å². The number of anilines is 1. The minimum atomic E-state index is -0.464. The zero-order valence-electron chi connectivity index (χ0n) is 15.7. The number of hydrogen-bond donors (Lipinski definition) is 1. The molecule has 3 rings (SSSR count). The molecule has 1 aliphatic heterocycles. The molecule has 26 heavy (non-hydrogen) atoms. The molecule has 0 amide bonds. The second kappa shape index (κ2) is 6.66. The third-order valence-electron chi connectivity index (χ3n) is 4.62. The molecule has 1 N–H and O–H groups in total. The fourth-order valence-corrected chi connectivity index (χ4v) is 3.16. The van der Waals surface area contributed by atoms with Gasteiger partial charge in [0.1, 0.15) is 11.1 Å². The second-order valence-electron chi connectivity index (χ2n) is 8.20. The van der Waals surface area contributed by atoms with Gasteiger partial charge >= 0.3 is 5.97 Å². The first-order valence-electron chi connectivity index (χ1n) is 8.82. The summed E-state index contributed by atoms with van der Waals surface area (Å²) in [5, 5.41) is 0. The van der Waals surface area contributed by atoms with Crippen LogP contribution >= 0.6 is 0 Å². The number of H-pyrrole nitrogens is 1. The van der Waals surface area contributed by atoms with Gasteiger partial charge in [-0.05, 0) is 39.0 Å². The Morgan fingerprint density at radius 2 is 2.00 bits per heavy atom. The molecule has 1 aliphatic rings. The number of nitrogens with zero attached hydrogens (tertiary/aromatic N) is 4. The van der Waals surface area contributed by atoms with Gasteiger partial charge in [0.15, 0.2) is 5.52 Å². The molecule has 8 heteroatoms. The first kappa shape index (κ1) is 18.3. The number of carbonyl (C=O) groups is 1. The zero-order chi connectivity index (χ0) is 18.9. The Bertz CT molecular complexity index is 863. The van der Waals surface area contributed by atoms with Crippen molar-refractivity contribution in [1.82, 2.24) is 19.9 Å². The molecule has 0 unspecified atom stereocenters. The van der Waals surface area contributed by atoms with Crippen LogP contribution in [0.3, 0.4) is 0 Å². The molecule has 0 bridgehead atoms. The lowest BCUT2D eigenvalue weighted by Crippen LogP contribution is -2.41. The van der Waals surface area contributed by atoms with Gasteiger partial charge in [-0.2, -0.15) is 0 Å². The lowest BCUT2D eigenvalue weighted by Gasteiger charge is -2.39. The monoisotopic (exact) mass is 359 g/mol. The number of aromatic nitrogens is 4. The fourth-order valence-electron chi connectivity index (χ4n) is 3.16. The van der Waals surface area contributed by atoms with Crippen molar-refractivity contribution in [3.8, 4) is 0 Å². The molecular weight excluding hydrogens is 334 g/mol. The summed E-state index contributed by atoms with van der Waals surface area (Å²) in [5.41, 5.74) is -0.0719. The Hall–Kier alpha value is -2.51. The smallest absolute Gasteiger partial charge is 0.306 e. The average molecular weight is 359 g/mol. The van der Waals surface area contributed by atoms with Crippen molar-refractivity contribution in [1.29, 1.82) is 0 Å². The van der Waals surface area contributed by atoms with Crippen molar-refractivity contribution >= 4 is 23.0 Å². The normalized spacial score (nSPS) is 17.3. The summed E-state index contributed by atoms with van der Waals surface area (Å²) in [4.78, 5) is 41.4. The molecule has 8 nitrogen and oxygen atoms in total. The number of hydrogen-bond acceptors (Lipinski definition) is 7. The largest absolute Gasteiger partial charge is 0.460 e. The summed E-state index contributed by atoms with van der Waals surface area (Å²) < 4.78 is 5.46. The van der Waals surface area contributed by atoms with Gasteiger partial charge < -0.3 is 14.6 Å². The van der Waals surface area contributed by atoms with Crippen molar-refractivity contribution < 1.29 is 9.53 Å². The quantitative estimate of drug-likeness (QED) is 0.837. The van der Waals surface area contributed by atoms with Gasteiger partial charge in [0.05, 0.1) is 18.9 Å². The van der Waals surface area contributed by atoms with E-state index in [0.29, 0.717) is 23.4 Å². The summed E-state index contributed by atoms with van der Waals surface area (Å²) in [6.45, 7) is 9.20. The number of ether oxygens (including phenoxy) is 1. The van der Waals surface area contributed by atoms with Crippen LogP contribution in [0.4, 0.5) is 5.95 Å². The van der Waals surface area contributed by atoms with Gasteiger partial charge in [-0.15, -0.1) is 0 Å². The van der Waals surface area contributed by atoms with Crippen LogP contribution in [0.2, 0.25) is 0 Å². The van der Waals surface area contributed by atoms with Crippen LogP contribution in [-0.2, 0) is 9.53 Å². The van der Waals surface area contributed by atoms with Crippen LogP contribution in [-0.4, -0.2) is 44.6 Å². The summed E-state index contributed by atoms with van der Waals surface area (Å²) >= 11 is 0. The number of esters is 1. The SMILES string of the molecule is CC1(CC(=O)OC(C)(C)C)CCN(c2ncc3nc[nH]c(=O)c3n2)CC1. The Balaban J connectivity index is 1.67. The van der Waals surface area contributed by atoms with Gasteiger partial charge in [0.25, 0.3) is 5.56 Å². The molecule has 0 aromatic carbocycles. The molecule has 140 valence electrons. The topological polar surface area (TPSA) is 101 Å². The molecule has 0 atom stereocenters. The maximum atomic E-state index is 12.2. The molecule has 2 aromatic heterocycles. The number of piperidine rings is 1. The predicted molar refractivity (Wildman–Crippen MR) is 98.0 cm³/mol. The minimum Gasteiger partial charge on any atom is -0.460 e. The molecule has 2 aromatic rings. The van der Waals surface area contributed by atoms with Crippen LogP contribution in [0.15, 0.2) is 17.3 Å². The highest BCUT2D eigenvalue weighted by Gasteiger charge is 2.34. The maximum Gasteiger partial charge on any atom is 0.306 e. The number of rotatable bonds is 3. The van der Waals surface area contributed by atoms with E-state index < -0.39 is 5.60 Å². The second-order valence-corrected chi connectivity index (χ2v) is 8.20. The van der Waals surface area contributed by atoms with E-state index in [9.17, 15) is 9.59 Å². The summed E-state index contributed by atoms with van der Waals surface area (Å²) in [6.07, 6.45) is 4.98. The van der Waals surface area contributed by atoms with Crippen molar-refractivity contribution in [3.63, 3.8) is 0 Å². The van der Waals surface area contributed by atoms with E-state index in [0.717, 1.165) is 25.9 Å². The fraction of sp³-hybridized carbons (Fsp3) is 0.611. The molecule has 0 aliphatic carbocycles. The van der Waals surface area contributed by atoms with E-state index in [1.165, 1.54) is 6.33 Å². The van der Waals surface area contributed by atoms with Crippen molar-refractivity contribution in [3.05, 3.63) is 22.9 Å². The predicted octanol–water partition coefficient (Wildman–Crippen LogP) is 2.05. The highest BCUT2D eigenvalue weighted by atomic mass is 16.6. The molecule has 0 spiro atoms. The first-order chi connectivity index (χ1) is 12.2. The number of nitrogens with one attached hydrogen (secondary N) is 1. The Labute approximate surface area is 152 Å². The third kappa shape index (κ3) is 4.17. The molecule has 1 fully saturated rings. The van der Waals surface area contributed by atoms with Crippen LogP contribution in [0.5, 0.6) is 0 Å². The van der Waals surface area contributed by atoms with Crippen LogP contribution in [0.25, 0.3) is 11.0 Å². The average Bonchev–Trinajstić information content (AvgIpc) is 2.53. The van der Waals surface area contributed by atoms with Crippen molar-refractivity contribution in [2.75, 3.05) is 18.0 Å². The summed E-state index contributed by atoms with van der Waals surface area (Å²) in [5.74, 6) is 0.364. The maximum absolute atomic E-state index is 12.2. The highest BCUT2D eigenvalue weighted by Crippen LogP contribution is 2.36. The number of aromatic amines is 1. The van der Waals surface area contributed by atoms with E-state index >= 15 is 0 Å². The van der Waals surface area contributed by atoms with Gasteiger partial charge in [0, 0.05) is 13.1 Å². The standard InChI is InChI=1S/C18H25N5O3/c1-17(2,3)26-13(24)9-18(4)5-7-23(8-6-18)16-19-10-12-14(22-16)15(25)21-11-20-12/h10-11H,5-9H2,1-4H3,(H,20,21,25). The Morgan fingerprint density at radius 1 is 1.31 bits per heavy atom. The van der Waals surface area contributed by atoms with Crippen molar-refractivity contribution in [2.45, 2.75) is 52.6 Å². The Kier molecular flexibility index (Phi) is 4.68. The Morgan fingerprint density at radius 3 is 2.65 bits per heavy atom. The highest BCUT2D eigenvalue weighted by molar-refractivity contribution is 5.73. The van der Waals surface area contributed by atoms with E-state index in [1.54, 1.807) is 6.20 Å². The van der Waals surface area contributed by atoms with E-state index in [1.807, 2.05) is 25.7 Å². The van der Waals surface area contributed by atoms with Gasteiger partial charge in [-0.3, -0.25) is 9.59 Å². The molecular formula is C18H25N5O3. The summed E-state index contributed by atoms with van der Waals surface area (Å²) in [7, 11) is 0. The van der Waals surface area contributed by atoms with E-state index in [2.05, 4.69) is 26.9 Å².